The predicted octanol–water partition coefficient (Wildman–Crippen LogP) is 1.78. The number of aliphatic hydroxyl groups excluding tert-OH is 1. The van der Waals surface area contributed by atoms with Gasteiger partial charge in [0.2, 0.25) is 0 Å². The minimum atomic E-state index is 0.0635. The third kappa shape index (κ3) is 1.53. The van der Waals surface area contributed by atoms with Crippen molar-refractivity contribution < 1.29 is 5.11 Å². The Kier molecular flexibility index (Phi) is 2.23. The molecule has 0 bridgehead atoms. The van der Waals surface area contributed by atoms with Crippen LogP contribution in [0.2, 0.25) is 0 Å². The number of rotatable bonds is 2. The van der Waals surface area contributed by atoms with E-state index in [-0.39, 0.29) is 6.61 Å². The van der Waals surface area contributed by atoms with Crippen LogP contribution in [0.4, 0.5) is 0 Å². The van der Waals surface area contributed by atoms with Gasteiger partial charge >= 0.3 is 0 Å². The van der Waals surface area contributed by atoms with E-state index in [9.17, 15) is 0 Å². The lowest BCUT2D eigenvalue weighted by Gasteiger charge is -2.02. The van der Waals surface area contributed by atoms with E-state index in [0.717, 1.165) is 16.5 Å². The van der Waals surface area contributed by atoms with Crippen LogP contribution in [0.1, 0.15) is 5.56 Å². The molecule has 0 atom stereocenters. The van der Waals surface area contributed by atoms with Crippen LogP contribution in [-0.4, -0.2) is 16.7 Å². The molecule has 0 spiro atoms. The highest BCUT2D eigenvalue weighted by atomic mass is 16.2. The van der Waals surface area contributed by atoms with E-state index in [2.05, 4.69) is 4.98 Å². The summed E-state index contributed by atoms with van der Waals surface area (Å²) in [7, 11) is 0. The van der Waals surface area contributed by atoms with Gasteiger partial charge in [0.1, 0.15) is 0 Å². The van der Waals surface area contributed by atoms with E-state index in [0.29, 0.717) is 0 Å². The quantitative estimate of drug-likeness (QED) is 0.749. The van der Waals surface area contributed by atoms with Crippen molar-refractivity contribution in [3.8, 4) is 0 Å². The summed E-state index contributed by atoms with van der Waals surface area (Å²) in [6, 6.07) is 9.79. The molecule has 0 fully saturated rings. The summed E-state index contributed by atoms with van der Waals surface area (Å²) in [6.45, 7) is 0.0635. The lowest BCUT2D eigenvalue weighted by Crippen LogP contribution is -1.90. The second-order valence-electron chi connectivity index (χ2n) is 2.80. The second-order valence-corrected chi connectivity index (χ2v) is 2.80. The highest BCUT2D eigenvalue weighted by Gasteiger charge is 1.99. The van der Waals surface area contributed by atoms with Crippen molar-refractivity contribution in [1.29, 1.82) is 0 Å². The van der Waals surface area contributed by atoms with Gasteiger partial charge in [-0.2, -0.15) is 0 Å². The summed E-state index contributed by atoms with van der Waals surface area (Å²) in [5.41, 5.74) is 2.00. The normalized spacial score (nSPS) is 10.5. The number of nitrogens with zero attached hydrogens (tertiary/aromatic N) is 1. The van der Waals surface area contributed by atoms with E-state index in [4.69, 9.17) is 5.11 Å². The van der Waals surface area contributed by atoms with Crippen LogP contribution in [0.15, 0.2) is 36.5 Å². The van der Waals surface area contributed by atoms with Crippen molar-refractivity contribution in [3.63, 3.8) is 0 Å². The molecule has 1 radical (unpaired) electrons. The Morgan fingerprint density at radius 2 is 2.08 bits per heavy atom. The largest absolute Gasteiger partial charge is 0.396 e. The van der Waals surface area contributed by atoms with Gasteiger partial charge in [-0.1, -0.05) is 18.2 Å². The minimum Gasteiger partial charge on any atom is -0.396 e. The van der Waals surface area contributed by atoms with Crippen molar-refractivity contribution >= 4 is 10.9 Å². The van der Waals surface area contributed by atoms with E-state index in [1.165, 1.54) is 0 Å². The Morgan fingerprint density at radius 3 is 2.92 bits per heavy atom. The first-order chi connectivity index (χ1) is 6.42. The molecule has 1 aromatic heterocycles. The summed E-state index contributed by atoms with van der Waals surface area (Å²) in [5.74, 6) is 0. The van der Waals surface area contributed by atoms with Crippen molar-refractivity contribution in [2.45, 2.75) is 0 Å². The molecule has 0 unspecified atom stereocenters. The first-order valence-electron chi connectivity index (χ1n) is 4.19. The van der Waals surface area contributed by atoms with Gasteiger partial charge < -0.3 is 5.11 Å². The minimum absolute atomic E-state index is 0.0635. The van der Waals surface area contributed by atoms with Gasteiger partial charge in [0.15, 0.2) is 0 Å². The highest BCUT2D eigenvalue weighted by molar-refractivity contribution is 5.82. The maximum absolute atomic E-state index is 8.80. The van der Waals surface area contributed by atoms with Crippen molar-refractivity contribution in [2.24, 2.45) is 0 Å². The van der Waals surface area contributed by atoms with Gasteiger partial charge in [-0.25, -0.2) is 0 Å². The number of pyridine rings is 1. The number of fused-ring (bicyclic) bond motifs is 1. The molecular weight excluding hydrogens is 162 g/mol. The predicted molar refractivity (Wildman–Crippen MR) is 52.2 cm³/mol. The van der Waals surface area contributed by atoms with Crippen LogP contribution >= 0.6 is 0 Å². The van der Waals surface area contributed by atoms with Crippen LogP contribution in [0.25, 0.3) is 10.9 Å². The molecular formula is C11H10NO. The molecule has 0 saturated carbocycles. The van der Waals surface area contributed by atoms with Crippen LogP contribution in [0.5, 0.6) is 0 Å². The van der Waals surface area contributed by atoms with Gasteiger partial charge in [-0.05, 0) is 17.7 Å². The smallest absolute Gasteiger partial charge is 0.0704 e. The third-order valence-electron chi connectivity index (χ3n) is 1.99. The zero-order valence-electron chi connectivity index (χ0n) is 7.14. The molecule has 2 heteroatoms. The molecule has 1 N–H and O–H groups in total. The number of benzene rings is 1. The van der Waals surface area contributed by atoms with Gasteiger partial charge in [-0.3, -0.25) is 4.98 Å². The van der Waals surface area contributed by atoms with Gasteiger partial charge in [-0.15, -0.1) is 0 Å². The molecule has 2 nitrogen and oxygen atoms in total. The highest BCUT2D eigenvalue weighted by Crippen LogP contribution is 2.16. The third-order valence-corrected chi connectivity index (χ3v) is 1.99. The van der Waals surface area contributed by atoms with E-state index in [1.807, 2.05) is 30.3 Å². The van der Waals surface area contributed by atoms with Crippen LogP contribution in [-0.2, 0) is 0 Å². The topological polar surface area (TPSA) is 33.1 Å². The van der Waals surface area contributed by atoms with Gasteiger partial charge in [0, 0.05) is 18.0 Å². The van der Waals surface area contributed by atoms with Crippen molar-refractivity contribution in [1.82, 2.24) is 4.98 Å². The maximum Gasteiger partial charge on any atom is 0.0704 e. The summed E-state index contributed by atoms with van der Waals surface area (Å²) in [5, 5.41) is 9.89. The molecule has 0 amide bonds. The van der Waals surface area contributed by atoms with Crippen LogP contribution in [0, 0.1) is 6.42 Å². The van der Waals surface area contributed by atoms with Crippen LogP contribution < -0.4 is 0 Å². The Balaban J connectivity index is 2.61. The molecule has 65 valence electrons. The Hall–Kier alpha value is -1.41. The fraction of sp³-hybridized carbons (Fsp3) is 0.0909. The lowest BCUT2D eigenvalue weighted by atomic mass is 10.1. The lowest BCUT2D eigenvalue weighted by molar-refractivity contribution is 0.331. The number of aliphatic hydroxyl groups is 1. The average molecular weight is 172 g/mol. The zero-order valence-corrected chi connectivity index (χ0v) is 7.14. The van der Waals surface area contributed by atoms with Crippen molar-refractivity contribution in [2.75, 3.05) is 6.61 Å². The van der Waals surface area contributed by atoms with Gasteiger partial charge in [0.25, 0.3) is 0 Å². The molecule has 2 rings (SSSR count). The Morgan fingerprint density at radius 1 is 1.23 bits per heavy atom. The standard InChI is InChI=1S/C11H10NO/c13-8-6-9-5-7-12-11-4-2-1-3-10(9)11/h1-7,13H,8H2. The second kappa shape index (κ2) is 3.54. The Bertz CT molecular complexity index is 406. The molecule has 0 saturated heterocycles. The van der Waals surface area contributed by atoms with Gasteiger partial charge in [0.05, 0.1) is 12.1 Å². The molecule has 1 heterocycles. The number of para-hydroxylation sites is 1. The molecule has 0 aliphatic rings. The molecule has 13 heavy (non-hydrogen) atoms. The monoisotopic (exact) mass is 172 g/mol. The zero-order chi connectivity index (χ0) is 9.10. The summed E-state index contributed by atoms with van der Waals surface area (Å²) < 4.78 is 0. The number of hydrogen-bond acceptors (Lipinski definition) is 2. The van der Waals surface area contributed by atoms with Crippen LogP contribution in [0.3, 0.4) is 0 Å². The van der Waals surface area contributed by atoms with E-state index < -0.39 is 0 Å². The average Bonchev–Trinajstić information content (AvgIpc) is 2.19. The number of hydrogen-bond donors (Lipinski definition) is 1. The SMILES string of the molecule is OC[CH]c1ccnc2ccccc12. The fourth-order valence-electron chi connectivity index (χ4n) is 1.39. The van der Waals surface area contributed by atoms with Crippen molar-refractivity contribution in [3.05, 3.63) is 48.5 Å². The fourth-order valence-corrected chi connectivity index (χ4v) is 1.39. The summed E-state index contributed by atoms with van der Waals surface area (Å²) in [6.07, 6.45) is 3.54. The Labute approximate surface area is 76.9 Å². The molecule has 2 aromatic rings. The first-order valence-corrected chi connectivity index (χ1v) is 4.19. The maximum atomic E-state index is 8.80. The first kappa shape index (κ1) is 8.20. The number of aromatic nitrogens is 1. The summed E-state index contributed by atoms with van der Waals surface area (Å²) in [4.78, 5) is 4.22. The van der Waals surface area contributed by atoms with E-state index >= 15 is 0 Å². The molecule has 1 aromatic carbocycles. The summed E-state index contributed by atoms with van der Waals surface area (Å²) >= 11 is 0. The molecule has 0 aliphatic carbocycles. The molecule has 0 aliphatic heterocycles. The van der Waals surface area contributed by atoms with E-state index in [1.54, 1.807) is 12.6 Å².